The maximum absolute atomic E-state index is 13.3. The van der Waals surface area contributed by atoms with Crippen LogP contribution in [0.3, 0.4) is 0 Å². The molecule has 1 heterocycles. The van der Waals surface area contributed by atoms with Gasteiger partial charge in [-0.05, 0) is 72.3 Å². The van der Waals surface area contributed by atoms with Crippen LogP contribution in [0.5, 0.6) is 11.5 Å². The summed E-state index contributed by atoms with van der Waals surface area (Å²) in [7, 11) is 1.63. The number of methoxy groups -OCH3 is 1. The van der Waals surface area contributed by atoms with Gasteiger partial charge in [-0.2, -0.15) is 0 Å². The van der Waals surface area contributed by atoms with Crippen molar-refractivity contribution in [2.75, 3.05) is 7.11 Å². The summed E-state index contributed by atoms with van der Waals surface area (Å²) >= 11 is 0. The zero-order chi connectivity index (χ0) is 19.5. The molecule has 0 atom stereocenters. The molecule has 0 aliphatic heterocycles. The van der Waals surface area contributed by atoms with Gasteiger partial charge in [-0.15, -0.1) is 0 Å². The predicted octanol–water partition coefficient (Wildman–Crippen LogP) is 5.94. The van der Waals surface area contributed by atoms with E-state index < -0.39 is 0 Å². The van der Waals surface area contributed by atoms with E-state index in [1.165, 1.54) is 12.1 Å². The van der Waals surface area contributed by atoms with Crippen LogP contribution in [-0.2, 0) is 0 Å². The van der Waals surface area contributed by atoms with Crippen LogP contribution in [0.1, 0.15) is 0 Å². The average molecular weight is 371 g/mol. The fourth-order valence-electron chi connectivity index (χ4n) is 3.08. The topological polar surface area (TPSA) is 42.4 Å². The van der Waals surface area contributed by atoms with Crippen molar-refractivity contribution in [3.05, 3.63) is 90.7 Å². The molecule has 28 heavy (non-hydrogen) atoms. The van der Waals surface area contributed by atoms with E-state index in [1.54, 1.807) is 31.4 Å². The molecule has 0 spiro atoms. The molecule has 0 saturated carbocycles. The Bertz CT molecular complexity index is 1090. The summed E-state index contributed by atoms with van der Waals surface area (Å²) in [6, 6.07) is 24.9. The molecule has 0 fully saturated rings. The lowest BCUT2D eigenvalue weighted by Gasteiger charge is -2.13. The molecule has 0 aliphatic rings. The Labute approximate surface area is 162 Å². The van der Waals surface area contributed by atoms with Crippen molar-refractivity contribution >= 4 is 0 Å². The second-order valence-electron chi connectivity index (χ2n) is 6.37. The molecule has 1 N–H and O–H groups in total. The number of phenols is 1. The van der Waals surface area contributed by atoms with E-state index in [0.717, 1.165) is 39.4 Å². The quantitative estimate of drug-likeness (QED) is 0.483. The molecule has 4 rings (SSSR count). The van der Waals surface area contributed by atoms with Gasteiger partial charge in [0, 0.05) is 16.7 Å². The van der Waals surface area contributed by atoms with Gasteiger partial charge >= 0.3 is 0 Å². The minimum absolute atomic E-state index is 0.199. The first-order chi connectivity index (χ1) is 13.6. The Balaban J connectivity index is 1.87. The Morgan fingerprint density at radius 2 is 1.32 bits per heavy atom. The third-order valence-corrected chi connectivity index (χ3v) is 4.58. The third kappa shape index (κ3) is 3.58. The highest BCUT2D eigenvalue weighted by molar-refractivity contribution is 5.83. The molecule has 0 radical (unpaired) electrons. The number of pyridine rings is 1. The molecular weight excluding hydrogens is 353 g/mol. The van der Waals surface area contributed by atoms with E-state index in [0.29, 0.717) is 0 Å². The van der Waals surface area contributed by atoms with Crippen LogP contribution in [0.25, 0.3) is 33.6 Å². The number of benzene rings is 3. The zero-order valence-corrected chi connectivity index (χ0v) is 15.3. The molecule has 4 aromatic rings. The van der Waals surface area contributed by atoms with Crippen LogP contribution in [0, 0.1) is 5.82 Å². The molecule has 0 unspecified atom stereocenters. The minimum atomic E-state index is -0.280. The van der Waals surface area contributed by atoms with Gasteiger partial charge in [-0.3, -0.25) is 0 Å². The molecule has 0 amide bonds. The number of nitrogens with zero attached hydrogens (tertiary/aromatic N) is 1. The highest BCUT2D eigenvalue weighted by atomic mass is 19.1. The first kappa shape index (κ1) is 17.7. The van der Waals surface area contributed by atoms with Crippen molar-refractivity contribution in [3.63, 3.8) is 0 Å². The minimum Gasteiger partial charge on any atom is -0.508 e. The maximum atomic E-state index is 13.3. The lowest BCUT2D eigenvalue weighted by atomic mass is 9.97. The molecule has 138 valence electrons. The van der Waals surface area contributed by atoms with Crippen LogP contribution in [0.2, 0.25) is 0 Å². The van der Waals surface area contributed by atoms with Crippen LogP contribution < -0.4 is 4.74 Å². The maximum Gasteiger partial charge on any atom is 0.123 e. The molecule has 1 aromatic heterocycles. The summed E-state index contributed by atoms with van der Waals surface area (Å²) in [5.74, 6) is 0.702. The van der Waals surface area contributed by atoms with Crippen LogP contribution in [0.15, 0.2) is 84.9 Å². The number of hydrogen-bond donors (Lipinski definition) is 1. The van der Waals surface area contributed by atoms with Crippen molar-refractivity contribution in [1.82, 2.24) is 4.98 Å². The summed E-state index contributed by atoms with van der Waals surface area (Å²) in [5.41, 5.74) is 5.21. The van der Waals surface area contributed by atoms with E-state index in [2.05, 4.69) is 0 Å². The fourth-order valence-corrected chi connectivity index (χ4v) is 3.08. The highest BCUT2D eigenvalue weighted by Gasteiger charge is 2.12. The standard InChI is InChI=1S/C24H18FNO2/c1-28-21-12-6-16(7-13-21)22-14-15-23(17-2-8-19(25)9-3-17)26-24(22)18-4-10-20(27)11-5-18/h2-15,27H,1H3. The second-order valence-corrected chi connectivity index (χ2v) is 6.37. The fraction of sp³-hybridized carbons (Fsp3) is 0.0417. The predicted molar refractivity (Wildman–Crippen MR) is 109 cm³/mol. The molecule has 3 aromatic carbocycles. The van der Waals surface area contributed by atoms with Gasteiger partial charge in [0.15, 0.2) is 0 Å². The number of halogens is 1. The molecule has 0 bridgehead atoms. The average Bonchev–Trinajstić information content (AvgIpc) is 2.74. The van der Waals surface area contributed by atoms with Gasteiger partial charge in [0.2, 0.25) is 0 Å². The van der Waals surface area contributed by atoms with Gasteiger partial charge in [0.1, 0.15) is 17.3 Å². The monoisotopic (exact) mass is 371 g/mol. The van der Waals surface area contributed by atoms with Gasteiger partial charge in [0.05, 0.1) is 18.5 Å². The van der Waals surface area contributed by atoms with Gasteiger partial charge in [0.25, 0.3) is 0 Å². The second kappa shape index (κ2) is 7.53. The van der Waals surface area contributed by atoms with E-state index in [4.69, 9.17) is 9.72 Å². The number of aromatic nitrogens is 1. The van der Waals surface area contributed by atoms with Crippen molar-refractivity contribution in [2.24, 2.45) is 0 Å². The smallest absolute Gasteiger partial charge is 0.123 e. The van der Waals surface area contributed by atoms with Crippen LogP contribution in [0.4, 0.5) is 4.39 Å². The SMILES string of the molecule is COc1ccc(-c2ccc(-c3ccc(F)cc3)nc2-c2ccc(O)cc2)cc1. The lowest BCUT2D eigenvalue weighted by molar-refractivity contribution is 0.415. The normalized spacial score (nSPS) is 10.6. The van der Waals surface area contributed by atoms with Crippen molar-refractivity contribution in [3.8, 4) is 45.1 Å². The van der Waals surface area contributed by atoms with Crippen molar-refractivity contribution in [2.45, 2.75) is 0 Å². The molecule has 0 aliphatic carbocycles. The van der Waals surface area contributed by atoms with E-state index in [-0.39, 0.29) is 11.6 Å². The summed E-state index contributed by atoms with van der Waals surface area (Å²) in [6.07, 6.45) is 0. The zero-order valence-electron chi connectivity index (χ0n) is 15.3. The summed E-state index contributed by atoms with van der Waals surface area (Å²) in [6.45, 7) is 0. The van der Waals surface area contributed by atoms with Crippen molar-refractivity contribution < 1.29 is 14.2 Å². The summed E-state index contributed by atoms with van der Waals surface area (Å²) in [4.78, 5) is 4.86. The number of phenolic OH excluding ortho intramolecular Hbond substituents is 1. The lowest BCUT2D eigenvalue weighted by Crippen LogP contribution is -1.93. The first-order valence-corrected chi connectivity index (χ1v) is 8.85. The molecular formula is C24H18FNO2. The van der Waals surface area contributed by atoms with Crippen molar-refractivity contribution in [1.29, 1.82) is 0 Å². The largest absolute Gasteiger partial charge is 0.508 e. The van der Waals surface area contributed by atoms with Crippen LogP contribution in [-0.4, -0.2) is 17.2 Å². The Kier molecular flexibility index (Phi) is 4.77. The van der Waals surface area contributed by atoms with E-state index >= 15 is 0 Å². The molecule has 0 saturated heterocycles. The molecule has 3 nitrogen and oxygen atoms in total. The Morgan fingerprint density at radius 3 is 1.96 bits per heavy atom. The number of ether oxygens (including phenoxy) is 1. The van der Waals surface area contributed by atoms with E-state index in [9.17, 15) is 9.50 Å². The Morgan fingerprint density at radius 1 is 0.714 bits per heavy atom. The summed E-state index contributed by atoms with van der Waals surface area (Å²) in [5, 5.41) is 9.64. The van der Waals surface area contributed by atoms with Gasteiger partial charge in [-0.25, -0.2) is 9.37 Å². The van der Waals surface area contributed by atoms with Gasteiger partial charge in [-0.1, -0.05) is 18.2 Å². The number of hydrogen-bond acceptors (Lipinski definition) is 3. The van der Waals surface area contributed by atoms with E-state index in [1.807, 2.05) is 48.5 Å². The number of aromatic hydroxyl groups is 1. The molecule has 4 heteroatoms. The first-order valence-electron chi connectivity index (χ1n) is 8.85. The summed E-state index contributed by atoms with van der Waals surface area (Å²) < 4.78 is 18.5. The third-order valence-electron chi connectivity index (χ3n) is 4.58. The van der Waals surface area contributed by atoms with Gasteiger partial charge < -0.3 is 9.84 Å². The highest BCUT2D eigenvalue weighted by Crippen LogP contribution is 2.34. The van der Waals surface area contributed by atoms with Crippen LogP contribution >= 0.6 is 0 Å². The number of rotatable bonds is 4. The Hall–Kier alpha value is -3.66.